The minimum atomic E-state index is -4.63. The second kappa shape index (κ2) is 10.0. The van der Waals surface area contributed by atoms with E-state index < -0.39 is 30.5 Å². The number of fused-ring (bicyclic) bond motifs is 2. The fourth-order valence-electron chi connectivity index (χ4n) is 4.23. The molecule has 4 rings (SSSR count). The number of alkyl halides is 3. The first-order valence-corrected chi connectivity index (χ1v) is 11.3. The number of ether oxygens (including phenoxy) is 3. The van der Waals surface area contributed by atoms with E-state index in [-0.39, 0.29) is 48.6 Å². The minimum Gasteiger partial charge on any atom is -0.493 e. The third-order valence-corrected chi connectivity index (χ3v) is 5.62. The molecule has 0 aromatic heterocycles. The number of carbonyl (C=O) groups is 2. The lowest BCUT2D eigenvalue weighted by Gasteiger charge is -2.18. The third-order valence-electron chi connectivity index (χ3n) is 5.62. The topological polar surface area (TPSA) is 65.1 Å². The highest BCUT2D eigenvalue weighted by molar-refractivity contribution is 6.17. The van der Waals surface area contributed by atoms with Gasteiger partial charge in [0.05, 0.1) is 37.4 Å². The van der Waals surface area contributed by atoms with E-state index in [1.165, 1.54) is 12.1 Å². The van der Waals surface area contributed by atoms with E-state index in [2.05, 4.69) is 0 Å². The Morgan fingerprint density at radius 2 is 1.69 bits per heavy atom. The third kappa shape index (κ3) is 4.93. The van der Waals surface area contributed by atoms with Crippen molar-refractivity contribution >= 4 is 28.3 Å². The van der Waals surface area contributed by atoms with Crippen molar-refractivity contribution in [3.63, 3.8) is 0 Å². The van der Waals surface area contributed by atoms with Gasteiger partial charge in [-0.15, -0.1) is 0 Å². The molecule has 1 aliphatic rings. The molecule has 0 atom stereocenters. The molecule has 0 saturated heterocycles. The number of amides is 1. The standard InChI is InChI=1S/C26H23F4NO5/c1-3-34-21(32)12-15-9-10-20(19(27)11-15)31-13-18-22(25(31)33)24(36-14-26(28,29)30)17-8-6-5-7-16(17)23(18)35-4-2/h5-11H,3-4,12-14H2,1-2H3. The summed E-state index contributed by atoms with van der Waals surface area (Å²) in [5.74, 6) is -1.90. The molecule has 1 amide bonds. The first kappa shape index (κ1) is 25.3. The molecule has 1 heterocycles. The van der Waals surface area contributed by atoms with E-state index in [4.69, 9.17) is 14.2 Å². The Bertz CT molecular complexity index is 1320. The maximum atomic E-state index is 15.1. The van der Waals surface area contributed by atoms with Crippen molar-refractivity contribution < 1.29 is 41.4 Å². The van der Waals surface area contributed by atoms with Crippen molar-refractivity contribution in [2.75, 3.05) is 24.7 Å². The fourth-order valence-corrected chi connectivity index (χ4v) is 4.23. The van der Waals surface area contributed by atoms with E-state index in [0.29, 0.717) is 22.3 Å². The number of anilines is 1. The van der Waals surface area contributed by atoms with Gasteiger partial charge in [-0.3, -0.25) is 9.59 Å². The molecular weight excluding hydrogens is 482 g/mol. The number of carbonyl (C=O) groups excluding carboxylic acids is 2. The zero-order valence-electron chi connectivity index (χ0n) is 19.6. The highest BCUT2D eigenvalue weighted by Crippen LogP contribution is 2.46. The van der Waals surface area contributed by atoms with Crippen LogP contribution in [0.25, 0.3) is 10.8 Å². The number of esters is 1. The van der Waals surface area contributed by atoms with Crippen LogP contribution in [-0.4, -0.2) is 37.9 Å². The van der Waals surface area contributed by atoms with Crippen LogP contribution < -0.4 is 14.4 Å². The van der Waals surface area contributed by atoms with Gasteiger partial charge in [0, 0.05) is 16.3 Å². The lowest BCUT2D eigenvalue weighted by Crippen LogP contribution is -2.25. The molecule has 0 bridgehead atoms. The van der Waals surface area contributed by atoms with E-state index >= 15 is 4.39 Å². The van der Waals surface area contributed by atoms with Crippen molar-refractivity contribution in [1.82, 2.24) is 0 Å². The molecule has 1 aliphatic heterocycles. The maximum Gasteiger partial charge on any atom is 0.422 e. The van der Waals surface area contributed by atoms with Crippen molar-refractivity contribution in [3.05, 3.63) is 65.0 Å². The summed E-state index contributed by atoms with van der Waals surface area (Å²) in [6, 6.07) is 10.5. The average Bonchev–Trinajstić information content (AvgIpc) is 3.15. The number of benzene rings is 3. The lowest BCUT2D eigenvalue weighted by molar-refractivity contribution is -0.153. The van der Waals surface area contributed by atoms with Crippen molar-refractivity contribution in [2.45, 2.75) is 33.0 Å². The Kier molecular flexibility index (Phi) is 7.05. The van der Waals surface area contributed by atoms with Crippen LogP contribution in [0.2, 0.25) is 0 Å². The van der Waals surface area contributed by atoms with Gasteiger partial charge in [0.1, 0.15) is 17.3 Å². The van der Waals surface area contributed by atoms with Crippen molar-refractivity contribution in [1.29, 1.82) is 0 Å². The van der Waals surface area contributed by atoms with Gasteiger partial charge in [0.15, 0.2) is 6.61 Å². The molecule has 0 unspecified atom stereocenters. The summed E-state index contributed by atoms with van der Waals surface area (Å²) in [6.45, 7) is 2.10. The second-order valence-corrected chi connectivity index (χ2v) is 8.05. The molecule has 3 aromatic carbocycles. The lowest BCUT2D eigenvalue weighted by atomic mass is 9.99. The Balaban J connectivity index is 1.79. The van der Waals surface area contributed by atoms with E-state index in [9.17, 15) is 22.8 Å². The number of nitrogens with zero attached hydrogens (tertiary/aromatic N) is 1. The summed E-state index contributed by atoms with van der Waals surface area (Å²) in [5.41, 5.74) is 0.481. The number of rotatable bonds is 8. The van der Waals surface area contributed by atoms with Gasteiger partial charge in [0.25, 0.3) is 5.91 Å². The Hall–Kier alpha value is -3.82. The first-order valence-electron chi connectivity index (χ1n) is 11.3. The van der Waals surface area contributed by atoms with E-state index in [1.807, 2.05) is 0 Å². The molecule has 10 heteroatoms. The van der Waals surface area contributed by atoms with Crippen LogP contribution in [0, 0.1) is 5.82 Å². The van der Waals surface area contributed by atoms with Crippen molar-refractivity contribution in [3.8, 4) is 11.5 Å². The SMILES string of the molecule is CCOC(=O)Cc1ccc(N2Cc3c(c(OCC(F)(F)F)c4ccccc4c3OCC)C2=O)c(F)c1. The predicted octanol–water partition coefficient (Wildman–Crippen LogP) is 5.58. The molecule has 0 radical (unpaired) electrons. The Labute approximate surface area is 204 Å². The average molecular weight is 505 g/mol. The zero-order chi connectivity index (χ0) is 26.0. The van der Waals surface area contributed by atoms with Crippen LogP contribution in [0.1, 0.15) is 35.3 Å². The Morgan fingerprint density at radius 3 is 2.31 bits per heavy atom. The molecule has 3 aromatic rings. The van der Waals surface area contributed by atoms with E-state index in [0.717, 1.165) is 11.0 Å². The molecule has 0 aliphatic carbocycles. The summed E-state index contributed by atoms with van der Waals surface area (Å²) in [6.07, 6.45) is -4.77. The molecule has 0 spiro atoms. The second-order valence-electron chi connectivity index (χ2n) is 8.05. The fraction of sp³-hybridized carbons (Fsp3) is 0.308. The summed E-state index contributed by atoms with van der Waals surface area (Å²) in [5, 5.41) is 0.764. The molecule has 36 heavy (non-hydrogen) atoms. The Morgan fingerprint density at radius 1 is 1.00 bits per heavy atom. The van der Waals surface area contributed by atoms with Crippen LogP contribution in [0.15, 0.2) is 42.5 Å². The summed E-state index contributed by atoms with van der Waals surface area (Å²) < 4.78 is 70.1. The number of hydrogen-bond donors (Lipinski definition) is 0. The molecular formula is C26H23F4NO5. The maximum absolute atomic E-state index is 15.1. The van der Waals surface area contributed by atoms with Gasteiger partial charge in [-0.05, 0) is 31.5 Å². The quantitative estimate of drug-likeness (QED) is 0.295. The van der Waals surface area contributed by atoms with E-state index in [1.54, 1.807) is 38.1 Å². The molecule has 0 N–H and O–H groups in total. The van der Waals surface area contributed by atoms with Crippen LogP contribution in [-0.2, 0) is 22.5 Å². The van der Waals surface area contributed by atoms with Gasteiger partial charge >= 0.3 is 12.1 Å². The number of hydrogen-bond acceptors (Lipinski definition) is 5. The molecule has 0 fully saturated rings. The number of halogens is 4. The van der Waals surface area contributed by atoms with Gasteiger partial charge in [0.2, 0.25) is 0 Å². The summed E-state index contributed by atoms with van der Waals surface area (Å²) in [4.78, 5) is 26.4. The first-order chi connectivity index (χ1) is 17.1. The zero-order valence-corrected chi connectivity index (χ0v) is 19.6. The smallest absolute Gasteiger partial charge is 0.422 e. The van der Waals surface area contributed by atoms with Gasteiger partial charge in [-0.2, -0.15) is 13.2 Å². The predicted molar refractivity (Wildman–Crippen MR) is 124 cm³/mol. The monoisotopic (exact) mass is 505 g/mol. The normalized spacial score (nSPS) is 13.2. The highest BCUT2D eigenvalue weighted by Gasteiger charge is 2.39. The van der Waals surface area contributed by atoms with Crippen LogP contribution in [0.5, 0.6) is 11.5 Å². The van der Waals surface area contributed by atoms with Gasteiger partial charge in [-0.1, -0.05) is 30.3 Å². The summed E-state index contributed by atoms with van der Waals surface area (Å²) in [7, 11) is 0. The van der Waals surface area contributed by atoms with Gasteiger partial charge < -0.3 is 19.1 Å². The van der Waals surface area contributed by atoms with Gasteiger partial charge in [-0.25, -0.2) is 4.39 Å². The summed E-state index contributed by atoms with van der Waals surface area (Å²) >= 11 is 0. The van der Waals surface area contributed by atoms with Crippen LogP contribution in [0.4, 0.5) is 23.2 Å². The minimum absolute atomic E-state index is 0.0860. The highest BCUT2D eigenvalue weighted by atomic mass is 19.4. The van der Waals surface area contributed by atoms with Crippen LogP contribution in [0.3, 0.4) is 0 Å². The molecule has 6 nitrogen and oxygen atoms in total. The van der Waals surface area contributed by atoms with Crippen LogP contribution >= 0.6 is 0 Å². The van der Waals surface area contributed by atoms with Crippen molar-refractivity contribution in [2.24, 2.45) is 0 Å². The largest absolute Gasteiger partial charge is 0.493 e. The molecule has 0 saturated carbocycles. The molecule has 190 valence electrons.